The third kappa shape index (κ3) is 5.23. The van der Waals surface area contributed by atoms with Gasteiger partial charge in [0.25, 0.3) is 11.8 Å². The topological polar surface area (TPSA) is 99.3 Å². The van der Waals surface area contributed by atoms with E-state index in [-0.39, 0.29) is 42.0 Å². The van der Waals surface area contributed by atoms with Crippen LogP contribution in [0.1, 0.15) is 62.7 Å². The summed E-state index contributed by atoms with van der Waals surface area (Å²) in [6, 6.07) is 5.83. The minimum Gasteiger partial charge on any atom is -0.372 e. The van der Waals surface area contributed by atoms with Gasteiger partial charge in [-0.05, 0) is 68.7 Å². The number of likely N-dealkylation sites (tertiary alicyclic amines) is 2. The summed E-state index contributed by atoms with van der Waals surface area (Å²) in [7, 11) is 0. The largest absolute Gasteiger partial charge is 0.372 e. The van der Waals surface area contributed by atoms with Crippen molar-refractivity contribution >= 4 is 29.2 Å². The molecular formula is C28H38N4O5. The standard InChI is InChI=1S/C28H38N4O5/c1-18(2)16-21(29-26(34)19-7-9-20(10-8-19)30-12-3-4-13-30)27(35)31-14-11-22-25(31)23(33)17-32(22)28(36)24-6-5-15-37-24/h7-10,18,21-22,24-25H,3-6,11-17H2,1-2H3,(H,29,34). The van der Waals surface area contributed by atoms with Crippen molar-refractivity contribution in [1.29, 1.82) is 0 Å². The van der Waals surface area contributed by atoms with Crippen molar-refractivity contribution in [3.63, 3.8) is 0 Å². The number of nitrogens with zero attached hydrogens (tertiary/aromatic N) is 3. The molecule has 0 radical (unpaired) electrons. The quantitative estimate of drug-likeness (QED) is 0.602. The predicted octanol–water partition coefficient (Wildman–Crippen LogP) is 1.99. The molecule has 4 heterocycles. The van der Waals surface area contributed by atoms with E-state index in [2.05, 4.69) is 10.2 Å². The maximum atomic E-state index is 13.7. The maximum Gasteiger partial charge on any atom is 0.252 e. The number of carbonyl (C=O) groups excluding carboxylic acids is 4. The van der Waals surface area contributed by atoms with Crippen LogP contribution in [0.2, 0.25) is 0 Å². The average molecular weight is 511 g/mol. The molecule has 0 aromatic heterocycles. The first kappa shape index (κ1) is 25.7. The summed E-state index contributed by atoms with van der Waals surface area (Å²) in [5.41, 5.74) is 1.61. The van der Waals surface area contributed by atoms with Gasteiger partial charge in [-0.2, -0.15) is 0 Å². The van der Waals surface area contributed by atoms with E-state index in [0.29, 0.717) is 38.0 Å². The number of benzene rings is 1. The second kappa shape index (κ2) is 10.8. The van der Waals surface area contributed by atoms with Crippen molar-refractivity contribution in [2.45, 2.75) is 76.6 Å². The molecule has 0 spiro atoms. The Morgan fingerprint density at radius 3 is 2.38 bits per heavy atom. The van der Waals surface area contributed by atoms with E-state index >= 15 is 0 Å². The zero-order valence-electron chi connectivity index (χ0n) is 21.9. The fourth-order valence-electron chi connectivity index (χ4n) is 6.25. The van der Waals surface area contributed by atoms with Crippen LogP contribution in [0.25, 0.3) is 0 Å². The summed E-state index contributed by atoms with van der Waals surface area (Å²) in [5, 5.41) is 2.95. The molecule has 4 fully saturated rings. The number of hydrogen-bond donors (Lipinski definition) is 1. The lowest BCUT2D eigenvalue weighted by Crippen LogP contribution is -2.53. The number of ketones is 1. The van der Waals surface area contributed by atoms with Crippen LogP contribution in [-0.4, -0.2) is 90.3 Å². The lowest BCUT2D eigenvalue weighted by molar-refractivity contribution is -0.142. The van der Waals surface area contributed by atoms with Crippen LogP contribution >= 0.6 is 0 Å². The van der Waals surface area contributed by atoms with E-state index in [9.17, 15) is 19.2 Å². The molecule has 1 N–H and O–H groups in total. The normalized spacial score (nSPS) is 26.2. The van der Waals surface area contributed by atoms with Gasteiger partial charge >= 0.3 is 0 Å². The summed E-state index contributed by atoms with van der Waals surface area (Å²) < 4.78 is 5.56. The number of ether oxygens (including phenoxy) is 1. The molecule has 0 aliphatic carbocycles. The van der Waals surface area contributed by atoms with E-state index in [0.717, 1.165) is 25.2 Å². The molecule has 4 aliphatic heterocycles. The number of fused-ring (bicyclic) bond motifs is 1. The van der Waals surface area contributed by atoms with E-state index in [1.54, 1.807) is 21.9 Å². The molecule has 5 rings (SSSR count). The Hall–Kier alpha value is -2.94. The highest BCUT2D eigenvalue weighted by atomic mass is 16.5. The molecule has 4 aliphatic rings. The lowest BCUT2D eigenvalue weighted by Gasteiger charge is -2.29. The highest BCUT2D eigenvalue weighted by Crippen LogP contribution is 2.32. The first-order chi connectivity index (χ1) is 17.8. The molecule has 9 nitrogen and oxygen atoms in total. The Morgan fingerprint density at radius 2 is 1.73 bits per heavy atom. The van der Waals surface area contributed by atoms with Gasteiger partial charge in [0.05, 0.1) is 12.6 Å². The number of rotatable bonds is 7. The number of anilines is 1. The Bertz CT molecular complexity index is 1030. The van der Waals surface area contributed by atoms with Crippen LogP contribution in [-0.2, 0) is 19.1 Å². The average Bonchev–Trinajstić information content (AvgIpc) is 3.69. The summed E-state index contributed by atoms with van der Waals surface area (Å²) >= 11 is 0. The minimum absolute atomic E-state index is 0.0162. The SMILES string of the molecule is CC(C)CC(NC(=O)c1ccc(N2CCCC2)cc1)C(=O)N1CCC2C1C(=O)CN2C(=O)C1CCCO1. The number of Topliss-reactive ketones (excluding diaryl/α,β-unsaturated/α-hetero) is 1. The molecule has 4 saturated heterocycles. The molecule has 0 saturated carbocycles. The molecule has 0 bridgehead atoms. The molecule has 1 aromatic carbocycles. The zero-order chi connectivity index (χ0) is 26.1. The molecule has 200 valence electrons. The predicted molar refractivity (Wildman–Crippen MR) is 138 cm³/mol. The van der Waals surface area contributed by atoms with Crippen molar-refractivity contribution in [2.24, 2.45) is 5.92 Å². The second-order valence-electron chi connectivity index (χ2n) is 11.2. The van der Waals surface area contributed by atoms with E-state index in [1.165, 1.54) is 12.8 Å². The van der Waals surface area contributed by atoms with Crippen LogP contribution in [0.15, 0.2) is 24.3 Å². The highest BCUT2D eigenvalue weighted by molar-refractivity contribution is 6.01. The number of nitrogens with one attached hydrogen (secondary N) is 1. The minimum atomic E-state index is -0.736. The van der Waals surface area contributed by atoms with Crippen molar-refractivity contribution in [3.05, 3.63) is 29.8 Å². The van der Waals surface area contributed by atoms with E-state index in [1.807, 2.05) is 26.0 Å². The molecule has 37 heavy (non-hydrogen) atoms. The van der Waals surface area contributed by atoms with Gasteiger partial charge in [-0.25, -0.2) is 0 Å². The molecule has 4 unspecified atom stereocenters. The third-order valence-electron chi connectivity index (χ3n) is 8.10. The first-order valence-electron chi connectivity index (χ1n) is 13.7. The molecule has 3 amide bonds. The zero-order valence-corrected chi connectivity index (χ0v) is 21.9. The molecule has 1 aromatic rings. The highest BCUT2D eigenvalue weighted by Gasteiger charge is 2.53. The van der Waals surface area contributed by atoms with Gasteiger partial charge in [0.15, 0.2) is 5.78 Å². The van der Waals surface area contributed by atoms with Gasteiger partial charge in [0.2, 0.25) is 5.91 Å². The Morgan fingerprint density at radius 1 is 1.00 bits per heavy atom. The smallest absolute Gasteiger partial charge is 0.252 e. The molecule has 9 heteroatoms. The van der Waals surface area contributed by atoms with Crippen molar-refractivity contribution in [1.82, 2.24) is 15.1 Å². The van der Waals surface area contributed by atoms with Crippen LogP contribution in [0.5, 0.6) is 0 Å². The summed E-state index contributed by atoms with van der Waals surface area (Å²) in [4.78, 5) is 58.4. The van der Waals surface area contributed by atoms with Crippen LogP contribution < -0.4 is 10.2 Å². The van der Waals surface area contributed by atoms with Gasteiger partial charge in [0, 0.05) is 37.5 Å². The van der Waals surface area contributed by atoms with Gasteiger partial charge in [0.1, 0.15) is 18.2 Å². The van der Waals surface area contributed by atoms with Crippen LogP contribution in [0.4, 0.5) is 5.69 Å². The summed E-state index contributed by atoms with van der Waals surface area (Å²) in [6.07, 6.45) is 4.42. The van der Waals surface area contributed by atoms with Gasteiger partial charge in [-0.15, -0.1) is 0 Å². The maximum absolute atomic E-state index is 13.7. The summed E-state index contributed by atoms with van der Waals surface area (Å²) in [5.74, 6) is -0.632. The van der Waals surface area contributed by atoms with Crippen LogP contribution in [0, 0.1) is 5.92 Å². The van der Waals surface area contributed by atoms with Crippen LogP contribution in [0.3, 0.4) is 0 Å². The molecular weight excluding hydrogens is 472 g/mol. The van der Waals surface area contributed by atoms with Crippen molar-refractivity contribution in [2.75, 3.05) is 37.7 Å². The van der Waals surface area contributed by atoms with Crippen molar-refractivity contribution in [3.8, 4) is 0 Å². The Labute approximate surface area is 218 Å². The third-order valence-corrected chi connectivity index (χ3v) is 8.10. The van der Waals surface area contributed by atoms with E-state index < -0.39 is 18.2 Å². The van der Waals surface area contributed by atoms with E-state index in [4.69, 9.17) is 4.74 Å². The monoisotopic (exact) mass is 510 g/mol. The Balaban J connectivity index is 1.27. The number of amides is 3. The van der Waals surface area contributed by atoms with Gasteiger partial charge in [-0.3, -0.25) is 19.2 Å². The fourth-order valence-corrected chi connectivity index (χ4v) is 6.25. The molecule has 4 atom stereocenters. The Kier molecular flexibility index (Phi) is 7.51. The van der Waals surface area contributed by atoms with Gasteiger partial charge < -0.3 is 24.8 Å². The lowest BCUT2D eigenvalue weighted by atomic mass is 10.0. The number of hydrogen-bond acceptors (Lipinski definition) is 6. The number of carbonyl (C=O) groups is 4. The summed E-state index contributed by atoms with van der Waals surface area (Å²) in [6.45, 7) is 7.05. The second-order valence-corrected chi connectivity index (χ2v) is 11.2. The van der Waals surface area contributed by atoms with Crippen molar-refractivity contribution < 1.29 is 23.9 Å². The fraction of sp³-hybridized carbons (Fsp3) is 0.643. The first-order valence-corrected chi connectivity index (χ1v) is 13.7. The van der Waals surface area contributed by atoms with Gasteiger partial charge in [-0.1, -0.05) is 13.8 Å².